The van der Waals surface area contributed by atoms with Gasteiger partial charge >= 0.3 is 0 Å². The Balaban J connectivity index is 1.70. The van der Waals surface area contributed by atoms with Gasteiger partial charge in [0.15, 0.2) is 0 Å². The molecule has 2 aromatic rings. The lowest BCUT2D eigenvalue weighted by molar-refractivity contribution is 0.303. The molecule has 4 rings (SSSR count). The summed E-state index contributed by atoms with van der Waals surface area (Å²) in [5.74, 6) is 1.46. The second-order valence-corrected chi connectivity index (χ2v) is 8.28. The number of nitrogens with one attached hydrogen (secondary N) is 2. The molecule has 0 fully saturated rings. The lowest BCUT2D eigenvalue weighted by atomic mass is 9.87. The second-order valence-electron chi connectivity index (χ2n) is 8.28. The zero-order valence-electron chi connectivity index (χ0n) is 17.8. The molecule has 2 bridgehead atoms. The number of aryl methyl sites for hydroxylation is 1. The van der Waals surface area contributed by atoms with Crippen molar-refractivity contribution in [3.63, 3.8) is 0 Å². The molecular formula is C25H33N3O. The van der Waals surface area contributed by atoms with E-state index in [0.717, 1.165) is 29.3 Å². The lowest BCUT2D eigenvalue weighted by Gasteiger charge is -2.17. The number of rotatable bonds is 6. The average molecular weight is 392 g/mol. The van der Waals surface area contributed by atoms with E-state index in [0.29, 0.717) is 5.92 Å². The number of hydrogen-bond acceptors (Lipinski definition) is 2. The molecule has 2 aliphatic rings. The number of hydrogen-bond donors (Lipinski definition) is 2. The molecule has 154 valence electrons. The van der Waals surface area contributed by atoms with Gasteiger partial charge in [0, 0.05) is 23.7 Å². The smallest absolute Gasteiger partial charge is 0.146 e. The largest absolute Gasteiger partial charge is 0.494 e. The molecule has 29 heavy (non-hydrogen) atoms. The zero-order valence-corrected chi connectivity index (χ0v) is 17.8. The van der Waals surface area contributed by atoms with Gasteiger partial charge in [0.2, 0.25) is 0 Å². The van der Waals surface area contributed by atoms with E-state index < -0.39 is 0 Å². The van der Waals surface area contributed by atoms with Crippen LogP contribution in [-0.2, 0) is 11.2 Å². The first-order valence-corrected chi connectivity index (χ1v) is 11.2. The van der Waals surface area contributed by atoms with Gasteiger partial charge in [-0.2, -0.15) is 0 Å². The Kier molecular flexibility index (Phi) is 6.38. The molecule has 0 saturated heterocycles. The van der Waals surface area contributed by atoms with E-state index in [1.807, 2.05) is 24.4 Å². The maximum atomic E-state index is 5.65. The Morgan fingerprint density at radius 2 is 2.14 bits per heavy atom. The summed E-state index contributed by atoms with van der Waals surface area (Å²) >= 11 is 0. The Bertz CT molecular complexity index is 899. The summed E-state index contributed by atoms with van der Waals surface area (Å²) in [5.41, 5.74) is 6.90. The molecule has 1 aliphatic heterocycles. The maximum absolute atomic E-state index is 5.65. The molecule has 4 nitrogen and oxygen atoms in total. The first-order valence-electron chi connectivity index (χ1n) is 11.2. The minimum Gasteiger partial charge on any atom is -0.494 e. The van der Waals surface area contributed by atoms with Gasteiger partial charge in [-0.05, 0) is 61.4 Å². The molecule has 3 heterocycles. The fraction of sp³-hybridized carbons (Fsp3) is 0.480. The number of unbranched alkanes of at least 4 members (excludes halogenated alkanes) is 1. The maximum Gasteiger partial charge on any atom is 0.146 e. The van der Waals surface area contributed by atoms with Crippen molar-refractivity contribution >= 4 is 11.8 Å². The van der Waals surface area contributed by atoms with Crippen molar-refractivity contribution in [2.24, 2.45) is 4.99 Å². The fourth-order valence-corrected chi connectivity index (χ4v) is 4.55. The van der Waals surface area contributed by atoms with Gasteiger partial charge in [-0.3, -0.25) is 0 Å². The fourth-order valence-electron chi connectivity index (χ4n) is 4.55. The number of allylic oxidation sites excluding steroid dienone is 1. The summed E-state index contributed by atoms with van der Waals surface area (Å²) in [6.45, 7) is 2.29. The van der Waals surface area contributed by atoms with Crippen LogP contribution in [0.4, 0.5) is 0 Å². The highest BCUT2D eigenvalue weighted by Crippen LogP contribution is 2.35. The molecular weight excluding hydrogens is 358 g/mol. The Morgan fingerprint density at radius 1 is 1.24 bits per heavy atom. The van der Waals surface area contributed by atoms with Crippen molar-refractivity contribution in [1.29, 1.82) is 0 Å². The third-order valence-corrected chi connectivity index (χ3v) is 6.17. The molecule has 2 aromatic heterocycles. The van der Waals surface area contributed by atoms with Crippen LogP contribution in [0, 0.1) is 0 Å². The van der Waals surface area contributed by atoms with Crippen molar-refractivity contribution in [3.05, 3.63) is 64.6 Å². The van der Waals surface area contributed by atoms with Crippen LogP contribution in [0.1, 0.15) is 86.9 Å². The number of methoxy groups -OCH3 is 1. The van der Waals surface area contributed by atoms with E-state index >= 15 is 0 Å². The van der Waals surface area contributed by atoms with Gasteiger partial charge < -0.3 is 14.7 Å². The SMILES string of the molecule is CCCC[C@@H]1CCCCCCc2cc1c(/C=C1/N=C(c3ccc[nH]3)C=C1OC)[nH]2. The van der Waals surface area contributed by atoms with Crippen LogP contribution in [0.3, 0.4) is 0 Å². The first-order chi connectivity index (χ1) is 14.3. The highest BCUT2D eigenvalue weighted by molar-refractivity contribution is 6.11. The molecule has 0 saturated carbocycles. The summed E-state index contributed by atoms with van der Waals surface area (Å²) in [5, 5.41) is 0. The molecule has 0 radical (unpaired) electrons. The first kappa shape index (κ1) is 19.8. The molecule has 2 N–H and O–H groups in total. The number of aliphatic imine (C=N–C) groups is 1. The van der Waals surface area contributed by atoms with Crippen LogP contribution in [0.5, 0.6) is 0 Å². The second kappa shape index (κ2) is 9.34. The van der Waals surface area contributed by atoms with Crippen molar-refractivity contribution < 1.29 is 4.74 Å². The molecule has 0 amide bonds. The van der Waals surface area contributed by atoms with Crippen molar-refractivity contribution in [2.75, 3.05) is 7.11 Å². The Labute approximate surface area is 174 Å². The summed E-state index contributed by atoms with van der Waals surface area (Å²) in [6.07, 6.45) is 17.7. The van der Waals surface area contributed by atoms with Crippen LogP contribution < -0.4 is 0 Å². The molecule has 0 unspecified atom stereocenters. The number of fused-ring (bicyclic) bond motifs is 2. The van der Waals surface area contributed by atoms with Crippen LogP contribution in [-0.4, -0.2) is 22.8 Å². The summed E-state index contributed by atoms with van der Waals surface area (Å²) in [4.78, 5) is 11.8. The topological polar surface area (TPSA) is 53.2 Å². The molecule has 0 spiro atoms. The molecule has 4 heteroatoms. The Hall–Kier alpha value is -2.49. The van der Waals surface area contributed by atoms with Crippen molar-refractivity contribution in [3.8, 4) is 0 Å². The highest BCUT2D eigenvalue weighted by atomic mass is 16.5. The summed E-state index contributed by atoms with van der Waals surface area (Å²) in [6, 6.07) is 6.47. The quantitative estimate of drug-likeness (QED) is 0.580. The van der Waals surface area contributed by atoms with E-state index in [1.54, 1.807) is 7.11 Å². The predicted octanol–water partition coefficient (Wildman–Crippen LogP) is 6.50. The normalized spacial score (nSPS) is 21.2. The molecule has 1 atom stereocenters. The van der Waals surface area contributed by atoms with Gasteiger partial charge in [-0.1, -0.05) is 39.0 Å². The van der Waals surface area contributed by atoms with Crippen molar-refractivity contribution in [1.82, 2.24) is 9.97 Å². The standard InChI is InChI=1S/C25H33N3O/c1-3-4-10-18-11-7-5-6-8-12-19-15-20(18)22(27-19)16-24-25(29-2)17-23(28-24)21-13-9-14-26-21/h9,13-18,26-27H,3-8,10-12H2,1-2H3/b24-16+/t18-/m1/s1. The van der Waals surface area contributed by atoms with Crippen LogP contribution in [0.2, 0.25) is 0 Å². The third kappa shape index (κ3) is 4.58. The number of H-pyrrole nitrogens is 2. The lowest BCUT2D eigenvalue weighted by Crippen LogP contribution is -2.01. The van der Waals surface area contributed by atoms with Gasteiger partial charge in [0.1, 0.15) is 11.5 Å². The minimum absolute atomic E-state index is 0.633. The van der Waals surface area contributed by atoms with Gasteiger partial charge in [0.25, 0.3) is 0 Å². The van der Waals surface area contributed by atoms with Crippen molar-refractivity contribution in [2.45, 2.75) is 70.6 Å². The predicted molar refractivity (Wildman–Crippen MR) is 120 cm³/mol. The Morgan fingerprint density at radius 3 is 2.93 bits per heavy atom. The minimum atomic E-state index is 0.633. The van der Waals surface area contributed by atoms with Gasteiger partial charge in [-0.15, -0.1) is 0 Å². The number of ether oxygens (including phenoxy) is 1. The highest BCUT2D eigenvalue weighted by Gasteiger charge is 2.21. The van der Waals surface area contributed by atoms with Crippen LogP contribution in [0.15, 0.2) is 46.9 Å². The zero-order chi connectivity index (χ0) is 20.1. The summed E-state index contributed by atoms with van der Waals surface area (Å²) in [7, 11) is 1.72. The number of aromatic amines is 2. The number of aromatic nitrogens is 2. The van der Waals surface area contributed by atoms with E-state index in [1.165, 1.54) is 68.3 Å². The van der Waals surface area contributed by atoms with Crippen LogP contribution in [0.25, 0.3) is 6.08 Å². The van der Waals surface area contributed by atoms with E-state index in [9.17, 15) is 0 Å². The monoisotopic (exact) mass is 391 g/mol. The van der Waals surface area contributed by atoms with Crippen LogP contribution >= 0.6 is 0 Å². The average Bonchev–Trinajstić information content (AvgIpc) is 3.47. The van der Waals surface area contributed by atoms with E-state index in [4.69, 9.17) is 9.73 Å². The molecule has 0 aromatic carbocycles. The molecule has 1 aliphatic carbocycles. The van der Waals surface area contributed by atoms with Gasteiger partial charge in [-0.25, -0.2) is 4.99 Å². The third-order valence-electron chi connectivity index (χ3n) is 6.17. The van der Waals surface area contributed by atoms with E-state index in [-0.39, 0.29) is 0 Å². The number of nitrogens with zero attached hydrogens (tertiary/aromatic N) is 1. The summed E-state index contributed by atoms with van der Waals surface area (Å²) < 4.78 is 5.65. The van der Waals surface area contributed by atoms with E-state index in [2.05, 4.69) is 29.0 Å². The van der Waals surface area contributed by atoms with Gasteiger partial charge in [0.05, 0.1) is 18.5 Å².